The lowest BCUT2D eigenvalue weighted by atomic mass is 9.54. The van der Waals surface area contributed by atoms with E-state index in [1.54, 1.807) is 7.11 Å². The first-order chi connectivity index (χ1) is 14.1. The molecule has 1 aromatic carbocycles. The number of ether oxygens (including phenoxy) is 2. The number of methoxy groups -OCH3 is 1. The first-order valence-electron chi connectivity index (χ1n) is 11.5. The average molecular weight is 401 g/mol. The highest BCUT2D eigenvalue weighted by atomic mass is 16.5. The van der Waals surface area contributed by atoms with Gasteiger partial charge >= 0.3 is 0 Å². The second-order valence-corrected chi connectivity index (χ2v) is 10.1. The molecule has 1 aromatic rings. The zero-order valence-corrected chi connectivity index (χ0v) is 17.8. The van der Waals surface area contributed by atoms with Gasteiger partial charge in [-0.15, -0.1) is 0 Å². The maximum atomic E-state index is 10.6. The highest BCUT2D eigenvalue weighted by molar-refractivity contribution is 5.49. The summed E-state index contributed by atoms with van der Waals surface area (Å²) in [6.45, 7) is 5.19. The van der Waals surface area contributed by atoms with Crippen molar-refractivity contribution in [1.82, 2.24) is 4.90 Å². The molecule has 29 heavy (non-hydrogen) atoms. The van der Waals surface area contributed by atoms with Gasteiger partial charge in [0.25, 0.3) is 0 Å². The summed E-state index contributed by atoms with van der Waals surface area (Å²) in [5, 5.41) is 10.6. The fraction of sp³-hybridized carbons (Fsp3) is 0.750. The van der Waals surface area contributed by atoms with E-state index in [4.69, 9.17) is 9.47 Å². The molecule has 1 N–H and O–H groups in total. The van der Waals surface area contributed by atoms with Gasteiger partial charge in [-0.1, -0.05) is 0 Å². The van der Waals surface area contributed by atoms with Crippen LogP contribution in [-0.4, -0.2) is 68.2 Å². The molecule has 1 unspecified atom stereocenters. The lowest BCUT2D eigenvalue weighted by Gasteiger charge is -2.56. The summed E-state index contributed by atoms with van der Waals surface area (Å²) in [4.78, 5) is 4.79. The maximum Gasteiger partial charge on any atom is 0.119 e. The second kappa shape index (κ2) is 8.09. The highest BCUT2D eigenvalue weighted by Gasteiger charge is 2.51. The van der Waals surface area contributed by atoms with Crippen LogP contribution in [0, 0.1) is 17.8 Å². The van der Waals surface area contributed by atoms with E-state index in [9.17, 15) is 5.11 Å². The molecular weight excluding hydrogens is 364 g/mol. The van der Waals surface area contributed by atoms with Crippen LogP contribution in [0.4, 0.5) is 5.69 Å². The SMILES string of the molecule is COc1ccc(N2CCN(CC(O)COC34CC5CC(CC(C5)C3)C4)CC2)cc1. The van der Waals surface area contributed by atoms with E-state index in [-0.39, 0.29) is 11.7 Å². The van der Waals surface area contributed by atoms with Crippen molar-refractivity contribution in [2.45, 2.75) is 50.2 Å². The van der Waals surface area contributed by atoms with E-state index >= 15 is 0 Å². The van der Waals surface area contributed by atoms with Gasteiger partial charge in [-0.3, -0.25) is 4.90 Å². The maximum absolute atomic E-state index is 10.6. The molecule has 0 aromatic heterocycles. The van der Waals surface area contributed by atoms with Crippen LogP contribution >= 0.6 is 0 Å². The molecule has 5 heteroatoms. The predicted molar refractivity (Wildman–Crippen MR) is 115 cm³/mol. The third kappa shape index (κ3) is 4.28. The Labute approximate surface area is 175 Å². The van der Waals surface area contributed by atoms with Crippen LogP contribution in [0.15, 0.2) is 24.3 Å². The standard InChI is InChI=1S/C24H36N2O3/c1-28-23-4-2-21(3-5-23)26-8-6-25(7-9-26)16-22(27)17-29-24-13-18-10-19(14-24)12-20(11-18)15-24/h2-5,18-20,22,27H,6-17H2,1H3. The van der Waals surface area contributed by atoms with Crippen molar-refractivity contribution < 1.29 is 14.6 Å². The van der Waals surface area contributed by atoms with Crippen LogP contribution in [0.3, 0.4) is 0 Å². The number of hydrogen-bond donors (Lipinski definition) is 1. The predicted octanol–water partition coefficient (Wildman–Crippen LogP) is 3.16. The smallest absolute Gasteiger partial charge is 0.119 e. The number of benzene rings is 1. The van der Waals surface area contributed by atoms with Gasteiger partial charge in [-0.05, 0) is 80.5 Å². The van der Waals surface area contributed by atoms with Gasteiger partial charge in [0.2, 0.25) is 0 Å². The Morgan fingerprint density at radius 3 is 2.10 bits per heavy atom. The largest absolute Gasteiger partial charge is 0.497 e. The van der Waals surface area contributed by atoms with Crippen LogP contribution < -0.4 is 9.64 Å². The Kier molecular flexibility index (Phi) is 5.48. The van der Waals surface area contributed by atoms with E-state index < -0.39 is 0 Å². The van der Waals surface area contributed by atoms with Gasteiger partial charge in [0.05, 0.1) is 25.4 Å². The van der Waals surface area contributed by atoms with Crippen molar-refractivity contribution >= 4 is 5.69 Å². The lowest BCUT2D eigenvalue weighted by Crippen LogP contribution is -2.53. The molecule has 1 saturated heterocycles. The van der Waals surface area contributed by atoms with E-state index in [1.807, 2.05) is 12.1 Å². The molecule has 1 atom stereocenters. The zero-order valence-electron chi connectivity index (χ0n) is 17.8. The molecule has 6 rings (SSSR count). The monoisotopic (exact) mass is 400 g/mol. The Balaban J connectivity index is 1.07. The van der Waals surface area contributed by atoms with Gasteiger partial charge < -0.3 is 19.5 Å². The van der Waals surface area contributed by atoms with Crippen LogP contribution in [0.2, 0.25) is 0 Å². The van der Waals surface area contributed by atoms with Gasteiger partial charge in [-0.2, -0.15) is 0 Å². The first-order valence-corrected chi connectivity index (χ1v) is 11.5. The normalized spacial score (nSPS) is 35.1. The number of β-amino-alcohol motifs (C(OH)–C–C–N with tert-alkyl or cyclic N) is 1. The van der Waals surface area contributed by atoms with E-state index in [2.05, 4.69) is 21.9 Å². The van der Waals surface area contributed by atoms with Crippen LogP contribution in [0.25, 0.3) is 0 Å². The van der Waals surface area contributed by atoms with Crippen LogP contribution in [-0.2, 0) is 4.74 Å². The lowest BCUT2D eigenvalue weighted by molar-refractivity contribution is -0.176. The minimum absolute atomic E-state index is 0.1000. The number of piperazine rings is 1. The fourth-order valence-corrected chi connectivity index (χ4v) is 6.81. The average Bonchev–Trinajstić information content (AvgIpc) is 2.72. The third-order valence-electron chi connectivity index (χ3n) is 7.84. The number of rotatable bonds is 7. The molecule has 1 heterocycles. The van der Waals surface area contributed by atoms with Crippen molar-refractivity contribution in [3.05, 3.63) is 24.3 Å². The quantitative estimate of drug-likeness (QED) is 0.762. The topological polar surface area (TPSA) is 45.2 Å². The van der Waals surface area contributed by atoms with Gasteiger partial charge in [0, 0.05) is 38.4 Å². The third-order valence-corrected chi connectivity index (χ3v) is 7.84. The summed E-state index contributed by atoms with van der Waals surface area (Å²) in [6.07, 6.45) is 7.65. The number of aliphatic hydroxyl groups is 1. The number of hydrogen-bond acceptors (Lipinski definition) is 5. The molecule has 5 fully saturated rings. The molecule has 4 saturated carbocycles. The summed E-state index contributed by atoms with van der Waals surface area (Å²) in [5.41, 5.74) is 1.35. The Morgan fingerprint density at radius 1 is 0.966 bits per heavy atom. The van der Waals surface area contributed by atoms with E-state index in [0.29, 0.717) is 6.61 Å². The Hall–Kier alpha value is -1.30. The molecule has 0 spiro atoms. The Morgan fingerprint density at radius 2 is 1.55 bits per heavy atom. The molecule has 1 aliphatic heterocycles. The zero-order chi connectivity index (χ0) is 19.8. The number of aliphatic hydroxyl groups excluding tert-OH is 1. The summed E-state index contributed by atoms with van der Waals surface area (Å²) in [5.74, 6) is 3.58. The Bertz CT molecular complexity index is 649. The minimum Gasteiger partial charge on any atom is -0.497 e. The van der Waals surface area contributed by atoms with Gasteiger partial charge in [0.15, 0.2) is 0 Å². The van der Waals surface area contributed by atoms with Crippen molar-refractivity contribution in [2.24, 2.45) is 17.8 Å². The van der Waals surface area contributed by atoms with E-state index in [0.717, 1.165) is 56.2 Å². The number of nitrogens with zero attached hydrogens (tertiary/aromatic N) is 2. The van der Waals surface area contributed by atoms with Crippen LogP contribution in [0.1, 0.15) is 38.5 Å². The fourth-order valence-electron chi connectivity index (χ4n) is 6.81. The molecule has 160 valence electrons. The second-order valence-electron chi connectivity index (χ2n) is 10.1. The molecule has 5 nitrogen and oxygen atoms in total. The summed E-state index contributed by atoms with van der Waals surface area (Å²) >= 11 is 0. The molecule has 4 bridgehead atoms. The van der Waals surface area contributed by atoms with Gasteiger partial charge in [0.1, 0.15) is 5.75 Å². The van der Waals surface area contributed by atoms with Crippen molar-refractivity contribution in [2.75, 3.05) is 51.3 Å². The molecule has 5 aliphatic rings. The van der Waals surface area contributed by atoms with Crippen LogP contribution in [0.5, 0.6) is 5.75 Å². The molecular formula is C24H36N2O3. The van der Waals surface area contributed by atoms with Crippen molar-refractivity contribution in [3.8, 4) is 5.75 Å². The molecule has 4 aliphatic carbocycles. The number of anilines is 1. The summed E-state index contributed by atoms with van der Waals surface area (Å²) in [6, 6.07) is 8.30. The molecule has 0 amide bonds. The summed E-state index contributed by atoms with van der Waals surface area (Å²) in [7, 11) is 1.70. The van der Waals surface area contributed by atoms with Crippen molar-refractivity contribution in [3.63, 3.8) is 0 Å². The highest BCUT2D eigenvalue weighted by Crippen LogP contribution is 2.57. The minimum atomic E-state index is -0.379. The van der Waals surface area contributed by atoms with Gasteiger partial charge in [-0.25, -0.2) is 0 Å². The van der Waals surface area contributed by atoms with Crippen molar-refractivity contribution in [1.29, 1.82) is 0 Å². The molecule has 0 radical (unpaired) electrons. The van der Waals surface area contributed by atoms with E-state index in [1.165, 1.54) is 44.2 Å². The first kappa shape index (κ1) is 19.7. The summed E-state index contributed by atoms with van der Waals surface area (Å²) < 4.78 is 11.7.